The van der Waals surface area contributed by atoms with E-state index in [4.69, 9.17) is 11.6 Å². The molecular formula is C11H17ClN2O2S. The summed E-state index contributed by atoms with van der Waals surface area (Å²) in [5.74, 6) is 0. The molecule has 1 rings (SSSR count). The van der Waals surface area contributed by atoms with Gasteiger partial charge in [-0.15, -0.1) is 0 Å². The van der Waals surface area contributed by atoms with Crippen LogP contribution in [0.3, 0.4) is 0 Å². The van der Waals surface area contributed by atoms with Gasteiger partial charge < -0.3 is 5.32 Å². The average molecular weight is 277 g/mol. The molecule has 4 nitrogen and oxygen atoms in total. The van der Waals surface area contributed by atoms with E-state index < -0.39 is 10.0 Å². The average Bonchev–Trinajstić information content (AvgIpc) is 2.25. The lowest BCUT2D eigenvalue weighted by atomic mass is 10.2. The van der Waals surface area contributed by atoms with Crippen molar-refractivity contribution < 1.29 is 8.42 Å². The summed E-state index contributed by atoms with van der Waals surface area (Å²) < 4.78 is 26.4. The number of likely N-dealkylation sites (N-methyl/N-ethyl adjacent to an activating group) is 1. The highest BCUT2D eigenvalue weighted by Crippen LogP contribution is 2.22. The molecule has 0 fully saturated rings. The van der Waals surface area contributed by atoms with Gasteiger partial charge in [0.05, 0.1) is 5.02 Å². The fourth-order valence-corrected chi connectivity index (χ4v) is 2.97. The Morgan fingerprint density at radius 3 is 2.59 bits per heavy atom. The van der Waals surface area contributed by atoms with Gasteiger partial charge in [-0.25, -0.2) is 13.1 Å². The van der Waals surface area contributed by atoms with Gasteiger partial charge in [0.25, 0.3) is 0 Å². The summed E-state index contributed by atoms with van der Waals surface area (Å²) in [6.45, 7) is 4.07. The minimum absolute atomic E-state index is 0.0639. The topological polar surface area (TPSA) is 58.2 Å². The standard InChI is InChI=1S/C11H17ClN2O2S/c1-8-4-5-11(10(12)6-8)17(15,16)14-7-9(2)13-3/h4-6,9,13-14H,7H2,1-3H3. The lowest BCUT2D eigenvalue weighted by molar-refractivity contribution is 0.554. The van der Waals surface area contributed by atoms with Gasteiger partial charge in [-0.05, 0) is 38.6 Å². The second-order valence-electron chi connectivity index (χ2n) is 3.98. The van der Waals surface area contributed by atoms with Gasteiger partial charge in [-0.3, -0.25) is 0 Å². The van der Waals surface area contributed by atoms with Crippen molar-refractivity contribution in [3.63, 3.8) is 0 Å². The van der Waals surface area contributed by atoms with Crippen molar-refractivity contribution >= 4 is 21.6 Å². The van der Waals surface area contributed by atoms with Gasteiger partial charge in [-0.2, -0.15) is 0 Å². The molecule has 17 heavy (non-hydrogen) atoms. The van der Waals surface area contributed by atoms with Crippen LogP contribution in [-0.2, 0) is 10.0 Å². The van der Waals surface area contributed by atoms with Gasteiger partial charge >= 0.3 is 0 Å². The van der Waals surface area contributed by atoms with Crippen LogP contribution < -0.4 is 10.0 Å². The van der Waals surface area contributed by atoms with Crippen LogP contribution in [0.1, 0.15) is 12.5 Å². The smallest absolute Gasteiger partial charge is 0.242 e. The molecule has 0 saturated carbocycles. The molecule has 0 aliphatic heterocycles. The number of rotatable bonds is 5. The molecule has 0 aliphatic carbocycles. The second kappa shape index (κ2) is 5.82. The van der Waals surface area contributed by atoms with E-state index in [1.165, 1.54) is 6.07 Å². The summed E-state index contributed by atoms with van der Waals surface area (Å²) in [5.41, 5.74) is 0.928. The Kier molecular flexibility index (Phi) is 4.94. The van der Waals surface area contributed by atoms with Crippen molar-refractivity contribution in [2.24, 2.45) is 0 Å². The Morgan fingerprint density at radius 1 is 1.41 bits per heavy atom. The van der Waals surface area contributed by atoms with Gasteiger partial charge in [0, 0.05) is 12.6 Å². The van der Waals surface area contributed by atoms with Crippen molar-refractivity contribution in [3.8, 4) is 0 Å². The lowest BCUT2D eigenvalue weighted by Gasteiger charge is -2.12. The highest BCUT2D eigenvalue weighted by Gasteiger charge is 2.17. The van der Waals surface area contributed by atoms with Crippen LogP contribution in [0.2, 0.25) is 5.02 Å². The molecule has 0 aliphatic rings. The molecule has 2 N–H and O–H groups in total. The molecule has 0 amide bonds. The molecule has 1 atom stereocenters. The largest absolute Gasteiger partial charge is 0.316 e. The molecule has 0 heterocycles. The summed E-state index contributed by atoms with van der Waals surface area (Å²) in [6.07, 6.45) is 0. The zero-order valence-electron chi connectivity index (χ0n) is 10.1. The molecule has 0 saturated heterocycles. The van der Waals surface area contributed by atoms with E-state index in [1.54, 1.807) is 19.2 Å². The molecule has 0 spiro atoms. The number of aryl methyl sites for hydroxylation is 1. The predicted octanol–water partition coefficient (Wildman–Crippen LogP) is 1.53. The Hall–Kier alpha value is -0.620. The van der Waals surface area contributed by atoms with Gasteiger partial charge in [0.2, 0.25) is 10.0 Å². The highest BCUT2D eigenvalue weighted by atomic mass is 35.5. The molecule has 96 valence electrons. The molecule has 1 aromatic carbocycles. The van der Waals surface area contributed by atoms with E-state index in [-0.39, 0.29) is 16.0 Å². The summed E-state index contributed by atoms with van der Waals surface area (Å²) in [7, 11) is -1.76. The van der Waals surface area contributed by atoms with E-state index >= 15 is 0 Å². The maximum absolute atomic E-state index is 12.0. The van der Waals surface area contributed by atoms with Gasteiger partial charge in [0.1, 0.15) is 4.90 Å². The molecule has 0 aromatic heterocycles. The molecule has 1 unspecified atom stereocenters. The number of hydrogen-bond acceptors (Lipinski definition) is 3. The van der Waals surface area contributed by atoms with Crippen LogP contribution in [0, 0.1) is 6.92 Å². The number of benzene rings is 1. The first-order chi connectivity index (χ1) is 7.86. The zero-order valence-corrected chi connectivity index (χ0v) is 11.7. The van der Waals surface area contributed by atoms with Crippen molar-refractivity contribution in [1.82, 2.24) is 10.0 Å². The summed E-state index contributed by atoms with van der Waals surface area (Å²) in [5, 5.41) is 3.20. The molecular weight excluding hydrogens is 260 g/mol. The van der Waals surface area contributed by atoms with E-state index in [1.807, 2.05) is 13.8 Å². The molecule has 0 radical (unpaired) electrons. The maximum atomic E-state index is 12.0. The Morgan fingerprint density at radius 2 is 2.06 bits per heavy atom. The number of halogens is 1. The van der Waals surface area contributed by atoms with Gasteiger partial charge in [-0.1, -0.05) is 17.7 Å². The van der Waals surface area contributed by atoms with Crippen molar-refractivity contribution in [2.45, 2.75) is 24.8 Å². The Bertz CT molecular complexity index is 488. The Labute approximate surface area is 107 Å². The van der Waals surface area contributed by atoms with Crippen molar-refractivity contribution in [2.75, 3.05) is 13.6 Å². The summed E-state index contributed by atoms with van der Waals surface area (Å²) in [4.78, 5) is 0.119. The first-order valence-electron chi connectivity index (χ1n) is 5.30. The highest BCUT2D eigenvalue weighted by molar-refractivity contribution is 7.89. The third-order valence-corrected chi connectivity index (χ3v) is 4.36. The van der Waals surface area contributed by atoms with Crippen LogP contribution in [0.5, 0.6) is 0 Å². The van der Waals surface area contributed by atoms with E-state index in [9.17, 15) is 8.42 Å². The minimum atomic E-state index is -3.53. The van der Waals surface area contributed by atoms with E-state index in [0.29, 0.717) is 6.54 Å². The van der Waals surface area contributed by atoms with Crippen LogP contribution in [-0.4, -0.2) is 28.1 Å². The summed E-state index contributed by atoms with van der Waals surface area (Å²) >= 11 is 5.93. The zero-order chi connectivity index (χ0) is 13.1. The SMILES string of the molecule is CNC(C)CNS(=O)(=O)c1ccc(C)cc1Cl. The van der Waals surface area contributed by atoms with E-state index in [0.717, 1.165) is 5.56 Å². The number of nitrogens with one attached hydrogen (secondary N) is 2. The van der Waals surface area contributed by atoms with Crippen LogP contribution in [0.25, 0.3) is 0 Å². The predicted molar refractivity (Wildman–Crippen MR) is 69.9 cm³/mol. The summed E-state index contributed by atoms with van der Waals surface area (Å²) in [6, 6.07) is 4.94. The quantitative estimate of drug-likeness (QED) is 0.858. The second-order valence-corrected chi connectivity index (χ2v) is 6.12. The minimum Gasteiger partial charge on any atom is -0.316 e. The van der Waals surface area contributed by atoms with Crippen LogP contribution >= 0.6 is 11.6 Å². The molecule has 6 heteroatoms. The van der Waals surface area contributed by atoms with Gasteiger partial charge in [0.15, 0.2) is 0 Å². The normalized spacial score (nSPS) is 13.6. The number of sulfonamides is 1. The third-order valence-electron chi connectivity index (χ3n) is 2.45. The third kappa shape index (κ3) is 3.96. The van der Waals surface area contributed by atoms with Crippen LogP contribution in [0.4, 0.5) is 0 Å². The fourth-order valence-electron chi connectivity index (χ4n) is 1.24. The maximum Gasteiger partial charge on any atom is 0.242 e. The Balaban J connectivity index is 2.90. The number of hydrogen-bond donors (Lipinski definition) is 2. The molecule has 1 aromatic rings. The van der Waals surface area contributed by atoms with Crippen molar-refractivity contribution in [3.05, 3.63) is 28.8 Å². The van der Waals surface area contributed by atoms with Crippen molar-refractivity contribution in [1.29, 1.82) is 0 Å². The lowest BCUT2D eigenvalue weighted by Crippen LogP contribution is -2.37. The van der Waals surface area contributed by atoms with Crippen LogP contribution in [0.15, 0.2) is 23.1 Å². The fraction of sp³-hybridized carbons (Fsp3) is 0.455. The first-order valence-corrected chi connectivity index (χ1v) is 7.16. The molecule has 0 bridgehead atoms. The van der Waals surface area contributed by atoms with E-state index in [2.05, 4.69) is 10.0 Å². The monoisotopic (exact) mass is 276 g/mol. The first kappa shape index (κ1) is 14.4.